The van der Waals surface area contributed by atoms with Crippen molar-refractivity contribution in [1.82, 2.24) is 4.90 Å². The number of nitrogens with zero attached hydrogens (tertiary/aromatic N) is 2. The van der Waals surface area contributed by atoms with Crippen molar-refractivity contribution < 1.29 is 29.0 Å². The van der Waals surface area contributed by atoms with Gasteiger partial charge in [-0.1, -0.05) is 42.5 Å². The number of ether oxygens (including phenoxy) is 2. The molecule has 2 bridgehead atoms. The molecular formula is C26H31ClN2O6. The molecule has 1 N–H and O–H groups in total. The van der Waals surface area contributed by atoms with Crippen LogP contribution in [0.25, 0.3) is 0 Å². The Hall–Kier alpha value is -2.68. The summed E-state index contributed by atoms with van der Waals surface area (Å²) >= 11 is 6.44. The number of anilines is 1. The van der Waals surface area contributed by atoms with Crippen LogP contribution >= 0.6 is 11.6 Å². The molecule has 3 aliphatic heterocycles. The molecule has 3 fully saturated rings. The van der Waals surface area contributed by atoms with Crippen molar-refractivity contribution in [3.05, 3.63) is 54.6 Å². The van der Waals surface area contributed by atoms with E-state index in [2.05, 4.69) is 13.2 Å². The van der Waals surface area contributed by atoms with E-state index in [9.17, 15) is 19.5 Å². The molecule has 4 rings (SSSR count). The summed E-state index contributed by atoms with van der Waals surface area (Å²) in [6.45, 7) is 9.38. The Morgan fingerprint density at radius 1 is 1.31 bits per heavy atom. The summed E-state index contributed by atoms with van der Waals surface area (Å²) in [6.07, 6.45) is 4.30. The van der Waals surface area contributed by atoms with Gasteiger partial charge in [-0.25, -0.2) is 0 Å². The Labute approximate surface area is 210 Å². The Bertz CT molecular complexity index is 1050. The Balaban J connectivity index is 1.79. The highest BCUT2D eigenvalue weighted by molar-refractivity contribution is 6.34. The lowest BCUT2D eigenvalue weighted by atomic mass is 9.66. The minimum absolute atomic E-state index is 0.0233. The highest BCUT2D eigenvalue weighted by atomic mass is 35.5. The number of amides is 2. The van der Waals surface area contributed by atoms with Gasteiger partial charge in [-0.15, -0.1) is 6.58 Å². The van der Waals surface area contributed by atoms with Crippen LogP contribution in [0.5, 0.6) is 0 Å². The molecule has 1 aromatic rings. The minimum atomic E-state index is -1.18. The highest BCUT2D eigenvalue weighted by Gasteiger charge is 2.78. The average Bonchev–Trinajstić information content (AvgIpc) is 3.40. The van der Waals surface area contributed by atoms with Gasteiger partial charge in [0.1, 0.15) is 24.2 Å². The third kappa shape index (κ3) is 3.97. The number of benzene rings is 1. The van der Waals surface area contributed by atoms with E-state index in [1.54, 1.807) is 30.3 Å². The summed E-state index contributed by atoms with van der Waals surface area (Å²) in [7, 11) is 0. The van der Waals surface area contributed by atoms with Crippen molar-refractivity contribution in [1.29, 1.82) is 0 Å². The molecule has 3 heterocycles. The third-order valence-corrected chi connectivity index (χ3v) is 7.71. The van der Waals surface area contributed by atoms with Gasteiger partial charge < -0.3 is 24.4 Å². The highest BCUT2D eigenvalue weighted by Crippen LogP contribution is 2.63. The smallest absolute Gasteiger partial charge is 0.313 e. The number of hydrogen-bond donors (Lipinski definition) is 1. The fourth-order valence-corrected chi connectivity index (χ4v) is 6.27. The first-order valence-electron chi connectivity index (χ1n) is 11.8. The second-order valence-corrected chi connectivity index (χ2v) is 9.85. The van der Waals surface area contributed by atoms with E-state index < -0.39 is 35.0 Å². The first kappa shape index (κ1) is 25.4. The van der Waals surface area contributed by atoms with Crippen molar-refractivity contribution in [2.75, 3.05) is 31.2 Å². The summed E-state index contributed by atoms with van der Waals surface area (Å²) in [4.78, 5) is 44.1. The van der Waals surface area contributed by atoms with Crippen LogP contribution in [0.15, 0.2) is 49.6 Å². The number of carbonyl (C=O) groups is 3. The maximum absolute atomic E-state index is 14.2. The van der Waals surface area contributed by atoms with Crippen molar-refractivity contribution in [2.24, 2.45) is 11.8 Å². The molecule has 0 aromatic heterocycles. The van der Waals surface area contributed by atoms with Crippen molar-refractivity contribution >= 4 is 35.1 Å². The minimum Gasteiger partial charge on any atom is -0.461 e. The lowest BCUT2D eigenvalue weighted by Crippen LogP contribution is -2.56. The molecule has 188 valence electrons. The zero-order chi connectivity index (χ0) is 25.4. The molecule has 3 saturated heterocycles. The fourth-order valence-electron chi connectivity index (χ4n) is 6.03. The number of halogens is 1. The van der Waals surface area contributed by atoms with E-state index in [4.69, 9.17) is 21.1 Å². The molecule has 35 heavy (non-hydrogen) atoms. The average molecular weight is 503 g/mol. The van der Waals surface area contributed by atoms with Crippen LogP contribution in [0, 0.1) is 11.8 Å². The van der Waals surface area contributed by atoms with E-state index in [1.165, 1.54) is 15.9 Å². The van der Waals surface area contributed by atoms with Gasteiger partial charge in [0.05, 0.1) is 22.2 Å². The molecule has 5 atom stereocenters. The predicted octanol–water partition coefficient (Wildman–Crippen LogP) is 2.74. The zero-order valence-electron chi connectivity index (χ0n) is 19.8. The molecule has 2 unspecified atom stereocenters. The zero-order valence-corrected chi connectivity index (χ0v) is 20.6. The van der Waals surface area contributed by atoms with E-state index >= 15 is 0 Å². The number of fused-ring (bicyclic) bond motifs is 1. The second kappa shape index (κ2) is 9.76. The van der Waals surface area contributed by atoms with Gasteiger partial charge in [-0.05, 0) is 38.3 Å². The fraction of sp³-hybridized carbons (Fsp3) is 0.500. The normalized spacial score (nSPS) is 30.8. The lowest BCUT2D eigenvalue weighted by molar-refractivity contribution is -0.158. The van der Waals surface area contributed by atoms with E-state index in [0.717, 1.165) is 0 Å². The van der Waals surface area contributed by atoms with Crippen LogP contribution in [-0.2, 0) is 23.9 Å². The largest absolute Gasteiger partial charge is 0.461 e. The number of hydrogen-bond acceptors (Lipinski definition) is 6. The first-order chi connectivity index (χ1) is 16.8. The van der Waals surface area contributed by atoms with Gasteiger partial charge in [0.15, 0.2) is 0 Å². The predicted molar refractivity (Wildman–Crippen MR) is 131 cm³/mol. The maximum Gasteiger partial charge on any atom is 0.313 e. The van der Waals surface area contributed by atoms with Crippen molar-refractivity contribution in [2.45, 2.75) is 43.4 Å². The Kier molecular flexibility index (Phi) is 7.09. The number of aliphatic hydroxyl groups excluding tert-OH is 1. The molecule has 0 saturated carbocycles. The molecule has 9 heteroatoms. The number of esters is 1. The quantitative estimate of drug-likeness (QED) is 0.390. The van der Waals surface area contributed by atoms with Crippen LogP contribution in [0.4, 0.5) is 5.69 Å². The summed E-state index contributed by atoms with van der Waals surface area (Å²) in [5.74, 6) is -2.93. The van der Waals surface area contributed by atoms with Crippen molar-refractivity contribution in [3.8, 4) is 0 Å². The standard InChI is InChI=1S/C26H31ClN2O6/c1-4-13-28(18-10-7-6-9-17(18)27)23(32)21-26-12-11-25(3,35-26)20(24(33)34-16-5-2)19(26)22(31)29(21)14-8-15-30/h4-7,9-10,19-21,30H,1-2,8,11-16H2,3H3/t19-,20+,21?,25-,26?/m0/s1. The van der Waals surface area contributed by atoms with Gasteiger partial charge in [0.25, 0.3) is 5.91 Å². The SMILES string of the molecule is C=CCOC(=O)[C@H]1[C@H]2C(=O)N(CCCO)C(C(=O)N(CC=C)c3ccccc3Cl)C23CC[C@]1(C)O3. The molecule has 0 radical (unpaired) electrons. The van der Waals surface area contributed by atoms with Crippen LogP contribution < -0.4 is 4.90 Å². The molecule has 1 aromatic carbocycles. The Morgan fingerprint density at radius 2 is 2.06 bits per heavy atom. The Morgan fingerprint density at radius 3 is 2.71 bits per heavy atom. The van der Waals surface area contributed by atoms with E-state index in [-0.39, 0.29) is 44.5 Å². The van der Waals surface area contributed by atoms with Crippen molar-refractivity contribution in [3.63, 3.8) is 0 Å². The van der Waals surface area contributed by atoms with Gasteiger partial charge in [0, 0.05) is 19.7 Å². The number of aliphatic hydroxyl groups is 1. The van der Waals surface area contributed by atoms with E-state index in [1.807, 2.05) is 6.92 Å². The molecule has 8 nitrogen and oxygen atoms in total. The van der Waals surface area contributed by atoms with Crippen LogP contribution in [0.1, 0.15) is 26.2 Å². The molecule has 0 aliphatic carbocycles. The van der Waals surface area contributed by atoms with Crippen LogP contribution in [0.3, 0.4) is 0 Å². The molecule has 3 aliphatic rings. The molecular weight excluding hydrogens is 472 g/mol. The summed E-state index contributed by atoms with van der Waals surface area (Å²) < 4.78 is 11.9. The van der Waals surface area contributed by atoms with E-state index in [0.29, 0.717) is 23.6 Å². The van der Waals surface area contributed by atoms with Crippen LogP contribution in [-0.4, -0.2) is 71.3 Å². The topological polar surface area (TPSA) is 96.4 Å². The summed E-state index contributed by atoms with van der Waals surface area (Å²) in [5.41, 5.74) is -1.61. The molecule has 1 spiro atoms. The maximum atomic E-state index is 14.2. The summed E-state index contributed by atoms with van der Waals surface area (Å²) in [6, 6.07) is 5.99. The summed E-state index contributed by atoms with van der Waals surface area (Å²) in [5, 5.41) is 9.86. The first-order valence-corrected chi connectivity index (χ1v) is 12.2. The second-order valence-electron chi connectivity index (χ2n) is 9.44. The van der Waals surface area contributed by atoms with Gasteiger partial charge in [-0.2, -0.15) is 0 Å². The third-order valence-electron chi connectivity index (χ3n) is 7.39. The van der Waals surface area contributed by atoms with Gasteiger partial charge in [0.2, 0.25) is 5.91 Å². The number of rotatable bonds is 10. The number of para-hydroxylation sites is 1. The molecule has 2 amide bonds. The monoisotopic (exact) mass is 502 g/mol. The number of carbonyl (C=O) groups excluding carboxylic acids is 3. The van der Waals surface area contributed by atoms with Crippen LogP contribution in [0.2, 0.25) is 5.02 Å². The van der Waals surface area contributed by atoms with Gasteiger partial charge >= 0.3 is 5.97 Å². The van der Waals surface area contributed by atoms with Gasteiger partial charge in [-0.3, -0.25) is 14.4 Å². The lowest BCUT2D eigenvalue weighted by Gasteiger charge is -2.37. The number of likely N-dealkylation sites (tertiary alicyclic amines) is 1.